The highest BCUT2D eigenvalue weighted by atomic mass is 16.5. The van der Waals surface area contributed by atoms with Crippen LogP contribution in [0.4, 0.5) is 0 Å². The minimum atomic E-state index is -0.243. The fourth-order valence-electron chi connectivity index (χ4n) is 2.98. The lowest BCUT2D eigenvalue weighted by Gasteiger charge is -2.10. The van der Waals surface area contributed by atoms with Crippen molar-refractivity contribution < 1.29 is 24.1 Å². The molecule has 2 atom stereocenters. The predicted molar refractivity (Wildman–Crippen MR) is 132 cm³/mol. The van der Waals surface area contributed by atoms with Crippen LogP contribution in [0.2, 0.25) is 0 Å². The largest absolute Gasteiger partial charge is 0.392 e. The number of rotatable bonds is 13. The van der Waals surface area contributed by atoms with Gasteiger partial charge in [0.25, 0.3) is 0 Å². The van der Waals surface area contributed by atoms with Crippen LogP contribution in [0.3, 0.4) is 0 Å². The third-order valence-corrected chi connectivity index (χ3v) is 4.86. The maximum Gasteiger partial charge on any atom is 0.148 e. The van der Waals surface area contributed by atoms with Gasteiger partial charge in [-0.15, -0.1) is 0 Å². The third-order valence-electron chi connectivity index (χ3n) is 4.86. The van der Waals surface area contributed by atoms with Crippen LogP contribution in [0.25, 0.3) is 11.0 Å². The molecule has 1 heterocycles. The molecular formula is C27H36N2O5. The van der Waals surface area contributed by atoms with Crippen LogP contribution in [-0.4, -0.2) is 66.9 Å². The van der Waals surface area contributed by atoms with E-state index in [9.17, 15) is 5.11 Å². The van der Waals surface area contributed by atoms with Crippen molar-refractivity contribution in [3.63, 3.8) is 0 Å². The molecule has 0 bridgehead atoms. The summed E-state index contributed by atoms with van der Waals surface area (Å²) in [6.07, 6.45) is 1.00. The summed E-state index contributed by atoms with van der Waals surface area (Å²) in [7, 11) is 0. The molecule has 7 nitrogen and oxygen atoms in total. The molecule has 0 aliphatic rings. The Morgan fingerprint density at radius 3 is 1.76 bits per heavy atom. The summed E-state index contributed by atoms with van der Waals surface area (Å²) < 4.78 is 22.3. The Kier molecular flexibility index (Phi) is 13.2. The zero-order valence-electron chi connectivity index (χ0n) is 20.7. The van der Waals surface area contributed by atoms with Crippen molar-refractivity contribution >= 4 is 11.0 Å². The SMILES string of the molecule is CCOCCOC(C#Cc1nc2ccc(CO)cc2nc1C#CC(CC)OCCOCC)CC. The van der Waals surface area contributed by atoms with Gasteiger partial charge in [-0.3, -0.25) is 0 Å². The molecule has 1 aromatic carbocycles. The number of hydrogen-bond acceptors (Lipinski definition) is 7. The Hall–Kier alpha value is -2.52. The summed E-state index contributed by atoms with van der Waals surface area (Å²) in [4.78, 5) is 9.39. The number of hydrogen-bond donors (Lipinski definition) is 1. The average molecular weight is 469 g/mol. The number of nitrogens with zero attached hydrogens (tertiary/aromatic N) is 2. The van der Waals surface area contributed by atoms with E-state index < -0.39 is 0 Å². The van der Waals surface area contributed by atoms with Gasteiger partial charge in [-0.25, -0.2) is 9.97 Å². The molecule has 2 aromatic rings. The predicted octanol–water partition coefficient (Wildman–Crippen LogP) is 3.49. The monoisotopic (exact) mass is 468 g/mol. The molecule has 0 radical (unpaired) electrons. The van der Waals surface area contributed by atoms with Crippen LogP contribution in [0.1, 0.15) is 57.5 Å². The van der Waals surface area contributed by atoms with Crippen LogP contribution in [0, 0.1) is 23.7 Å². The summed E-state index contributed by atoms with van der Waals surface area (Å²) in [6.45, 7) is 11.2. The molecule has 1 N–H and O–H groups in total. The number of aromatic nitrogens is 2. The first-order chi connectivity index (χ1) is 16.6. The van der Waals surface area contributed by atoms with E-state index in [4.69, 9.17) is 28.9 Å². The highest BCUT2D eigenvalue weighted by Gasteiger charge is 2.09. The van der Waals surface area contributed by atoms with E-state index in [2.05, 4.69) is 23.7 Å². The molecule has 0 aliphatic heterocycles. The minimum absolute atomic E-state index is 0.0664. The molecule has 0 amide bonds. The van der Waals surface area contributed by atoms with Crippen molar-refractivity contribution in [2.45, 2.75) is 59.4 Å². The highest BCUT2D eigenvalue weighted by molar-refractivity contribution is 5.76. The lowest BCUT2D eigenvalue weighted by molar-refractivity contribution is 0.0292. The standard InChI is InChI=1S/C27H36N2O5/c1-5-22(33-17-15-31-7-3)10-13-24-25(14-11-23(6-2)34-18-16-32-8-4)29-27-19-21(20-30)9-12-26(27)28-24/h9,12,19,22-23,30H,5-8,15-18,20H2,1-4H3. The van der Waals surface area contributed by atoms with Gasteiger partial charge in [0.2, 0.25) is 0 Å². The smallest absolute Gasteiger partial charge is 0.148 e. The first kappa shape index (κ1) is 27.7. The summed E-state index contributed by atoms with van der Waals surface area (Å²) in [5, 5.41) is 9.48. The first-order valence-corrected chi connectivity index (χ1v) is 12.0. The zero-order valence-corrected chi connectivity index (χ0v) is 20.7. The molecular weight excluding hydrogens is 432 g/mol. The summed E-state index contributed by atoms with van der Waals surface area (Å²) in [5.74, 6) is 12.6. The second-order valence-corrected chi connectivity index (χ2v) is 7.37. The molecule has 0 saturated heterocycles. The van der Waals surface area contributed by atoms with E-state index in [1.165, 1.54) is 0 Å². The van der Waals surface area contributed by atoms with Gasteiger partial charge in [-0.1, -0.05) is 31.8 Å². The van der Waals surface area contributed by atoms with Crippen LogP contribution < -0.4 is 0 Å². The van der Waals surface area contributed by atoms with E-state index in [0.29, 0.717) is 62.1 Å². The van der Waals surface area contributed by atoms with Crippen molar-refractivity contribution in [3.05, 3.63) is 35.2 Å². The minimum Gasteiger partial charge on any atom is -0.392 e. The normalized spacial score (nSPS) is 12.5. The lowest BCUT2D eigenvalue weighted by Crippen LogP contribution is -2.14. The Labute approximate surface area is 203 Å². The van der Waals surface area contributed by atoms with Crippen molar-refractivity contribution in [1.82, 2.24) is 9.97 Å². The maximum absolute atomic E-state index is 9.48. The van der Waals surface area contributed by atoms with Crippen LogP contribution in [0.5, 0.6) is 0 Å². The van der Waals surface area contributed by atoms with E-state index in [-0.39, 0.29) is 18.8 Å². The Balaban J connectivity index is 2.33. The molecule has 0 saturated carbocycles. The molecule has 0 aliphatic carbocycles. The molecule has 2 rings (SSSR count). The van der Waals surface area contributed by atoms with Gasteiger partial charge >= 0.3 is 0 Å². The fourth-order valence-corrected chi connectivity index (χ4v) is 2.98. The van der Waals surface area contributed by atoms with Gasteiger partial charge in [0.05, 0.1) is 44.1 Å². The molecule has 34 heavy (non-hydrogen) atoms. The number of benzene rings is 1. The van der Waals surface area contributed by atoms with E-state index in [1.54, 1.807) is 0 Å². The topological polar surface area (TPSA) is 82.9 Å². The highest BCUT2D eigenvalue weighted by Crippen LogP contribution is 2.15. The Morgan fingerprint density at radius 2 is 1.29 bits per heavy atom. The van der Waals surface area contributed by atoms with Crippen molar-refractivity contribution in [2.75, 3.05) is 39.6 Å². The van der Waals surface area contributed by atoms with Gasteiger partial charge < -0.3 is 24.1 Å². The summed E-state index contributed by atoms with van der Waals surface area (Å²) in [6, 6.07) is 5.47. The number of fused-ring (bicyclic) bond motifs is 1. The Morgan fingerprint density at radius 1 is 0.765 bits per heavy atom. The maximum atomic E-state index is 9.48. The van der Waals surface area contributed by atoms with E-state index in [1.807, 2.05) is 45.9 Å². The van der Waals surface area contributed by atoms with Gasteiger partial charge in [-0.05, 0) is 56.2 Å². The van der Waals surface area contributed by atoms with Crippen molar-refractivity contribution in [2.24, 2.45) is 0 Å². The molecule has 7 heteroatoms. The molecule has 184 valence electrons. The van der Waals surface area contributed by atoms with Crippen LogP contribution >= 0.6 is 0 Å². The zero-order chi connectivity index (χ0) is 24.6. The van der Waals surface area contributed by atoms with Crippen LogP contribution in [-0.2, 0) is 25.6 Å². The average Bonchev–Trinajstić information content (AvgIpc) is 2.87. The van der Waals surface area contributed by atoms with Crippen LogP contribution in [0.15, 0.2) is 18.2 Å². The summed E-state index contributed by atoms with van der Waals surface area (Å²) >= 11 is 0. The third kappa shape index (κ3) is 9.38. The quantitative estimate of drug-likeness (QED) is 0.356. The second kappa shape index (κ2) is 16.2. The van der Waals surface area contributed by atoms with Gasteiger partial charge in [0.1, 0.15) is 23.6 Å². The molecule has 1 aromatic heterocycles. The summed E-state index contributed by atoms with van der Waals surface area (Å²) in [5.41, 5.74) is 3.09. The van der Waals surface area contributed by atoms with Gasteiger partial charge in [0, 0.05) is 13.2 Å². The van der Waals surface area contributed by atoms with E-state index in [0.717, 1.165) is 18.4 Å². The number of aliphatic hydroxyl groups is 1. The fraction of sp³-hybridized carbons (Fsp3) is 0.556. The number of aliphatic hydroxyl groups excluding tert-OH is 1. The molecule has 2 unspecified atom stereocenters. The first-order valence-electron chi connectivity index (χ1n) is 12.0. The Bertz CT molecular complexity index is 1000. The van der Waals surface area contributed by atoms with Crippen molar-refractivity contribution in [3.8, 4) is 23.7 Å². The second-order valence-electron chi connectivity index (χ2n) is 7.37. The van der Waals surface area contributed by atoms with Crippen molar-refractivity contribution in [1.29, 1.82) is 0 Å². The van der Waals surface area contributed by atoms with Gasteiger partial charge in [0.15, 0.2) is 0 Å². The molecule has 0 spiro atoms. The van der Waals surface area contributed by atoms with Gasteiger partial charge in [-0.2, -0.15) is 0 Å². The molecule has 0 fully saturated rings. The lowest BCUT2D eigenvalue weighted by atomic mass is 10.1. The number of ether oxygens (including phenoxy) is 4. The van der Waals surface area contributed by atoms with E-state index >= 15 is 0 Å².